The van der Waals surface area contributed by atoms with E-state index in [0.717, 1.165) is 24.1 Å². The van der Waals surface area contributed by atoms with E-state index in [1.54, 1.807) is 7.11 Å². The molecule has 0 atom stereocenters. The van der Waals surface area contributed by atoms with Crippen LogP contribution in [0.3, 0.4) is 0 Å². The molecular weight excluding hydrogens is 291 g/mol. The highest BCUT2D eigenvalue weighted by atomic mass is 16.7. The fraction of sp³-hybridized carbons (Fsp3) is 0.667. The average Bonchev–Trinajstić information content (AvgIpc) is 2.72. The van der Waals surface area contributed by atoms with Crippen LogP contribution in [0.5, 0.6) is 5.75 Å². The summed E-state index contributed by atoms with van der Waals surface area (Å²) in [5, 5.41) is 0. The van der Waals surface area contributed by atoms with E-state index in [0.29, 0.717) is 0 Å². The van der Waals surface area contributed by atoms with Gasteiger partial charge in [-0.25, -0.2) is 0 Å². The summed E-state index contributed by atoms with van der Waals surface area (Å²) in [5.41, 5.74) is 3.19. The highest BCUT2D eigenvalue weighted by molar-refractivity contribution is 6.62. The van der Waals surface area contributed by atoms with Crippen molar-refractivity contribution in [2.45, 2.75) is 64.6 Å². The number of methoxy groups -OCH3 is 1. The zero-order valence-electron chi connectivity index (χ0n) is 14.9. The number of benzene rings is 1. The summed E-state index contributed by atoms with van der Waals surface area (Å²) in [5.74, 6) is 0.831. The molecule has 1 saturated heterocycles. The van der Waals surface area contributed by atoms with Crippen molar-refractivity contribution >= 4 is 12.6 Å². The smallest absolute Gasteiger partial charge is 0.468 e. The molecule has 0 saturated carbocycles. The van der Waals surface area contributed by atoms with Crippen molar-refractivity contribution in [2.24, 2.45) is 0 Å². The lowest BCUT2D eigenvalue weighted by molar-refractivity contribution is 0.00578. The molecular formula is C18H27BO4. The predicted molar refractivity (Wildman–Crippen MR) is 91.3 cm³/mol. The number of aryl methyl sites for hydroxylation is 1. The van der Waals surface area contributed by atoms with Gasteiger partial charge in [-0.2, -0.15) is 0 Å². The Hall–Kier alpha value is -1.04. The van der Waals surface area contributed by atoms with Gasteiger partial charge in [-0.05, 0) is 82.1 Å². The van der Waals surface area contributed by atoms with Crippen LogP contribution < -0.4 is 10.2 Å². The predicted octanol–water partition coefficient (Wildman–Crippen LogP) is 2.85. The number of hydrogen-bond donors (Lipinski definition) is 0. The summed E-state index contributed by atoms with van der Waals surface area (Å²) >= 11 is 0. The maximum Gasteiger partial charge on any atom is 0.495 e. The normalized spacial score (nSPS) is 22.0. The Morgan fingerprint density at radius 3 is 2.35 bits per heavy atom. The Balaban J connectivity index is 1.97. The van der Waals surface area contributed by atoms with Gasteiger partial charge in [0.2, 0.25) is 0 Å². The summed E-state index contributed by atoms with van der Waals surface area (Å²) in [6.45, 7) is 8.60. The summed E-state index contributed by atoms with van der Waals surface area (Å²) in [4.78, 5) is 0. The molecule has 5 heteroatoms. The van der Waals surface area contributed by atoms with E-state index in [9.17, 15) is 0 Å². The number of rotatable bonds is 4. The van der Waals surface area contributed by atoms with Crippen LogP contribution in [-0.4, -0.2) is 32.2 Å². The van der Waals surface area contributed by atoms with Crippen molar-refractivity contribution in [3.8, 4) is 5.75 Å². The molecule has 1 heterocycles. The van der Waals surface area contributed by atoms with E-state index in [1.165, 1.54) is 24.0 Å². The second-order valence-electron chi connectivity index (χ2n) is 7.50. The topological polar surface area (TPSA) is 36.9 Å². The molecule has 126 valence electrons. The first-order valence-electron chi connectivity index (χ1n) is 8.47. The molecule has 1 aliphatic heterocycles. The van der Waals surface area contributed by atoms with Crippen molar-refractivity contribution in [3.63, 3.8) is 0 Å². The summed E-state index contributed by atoms with van der Waals surface area (Å²) in [6, 6.07) is 4.20. The van der Waals surface area contributed by atoms with Crippen LogP contribution in [0.4, 0.5) is 0 Å². The Bertz CT molecular complexity index is 567. The van der Waals surface area contributed by atoms with E-state index >= 15 is 0 Å². The van der Waals surface area contributed by atoms with E-state index in [1.807, 2.05) is 0 Å². The van der Waals surface area contributed by atoms with Crippen LogP contribution in [0.1, 0.15) is 51.7 Å². The fourth-order valence-electron chi connectivity index (χ4n) is 3.26. The van der Waals surface area contributed by atoms with Gasteiger partial charge >= 0.3 is 7.12 Å². The van der Waals surface area contributed by atoms with Gasteiger partial charge in [-0.1, -0.05) is 0 Å². The third-order valence-corrected chi connectivity index (χ3v) is 5.32. The van der Waals surface area contributed by atoms with Gasteiger partial charge in [-0.3, -0.25) is 0 Å². The van der Waals surface area contributed by atoms with Gasteiger partial charge in [0.05, 0.1) is 11.2 Å². The van der Waals surface area contributed by atoms with Crippen LogP contribution in [0.25, 0.3) is 0 Å². The molecule has 1 fully saturated rings. The Morgan fingerprint density at radius 1 is 1.04 bits per heavy atom. The van der Waals surface area contributed by atoms with Crippen LogP contribution >= 0.6 is 0 Å². The highest BCUT2D eigenvalue weighted by Crippen LogP contribution is 2.37. The molecule has 0 radical (unpaired) electrons. The first-order chi connectivity index (χ1) is 10.8. The second kappa shape index (κ2) is 6.12. The van der Waals surface area contributed by atoms with E-state index in [2.05, 4.69) is 39.8 Å². The highest BCUT2D eigenvalue weighted by Gasteiger charge is 2.52. The molecule has 2 aliphatic rings. The number of fused-ring (bicyclic) bond motifs is 1. The van der Waals surface area contributed by atoms with Gasteiger partial charge < -0.3 is 18.8 Å². The van der Waals surface area contributed by atoms with Crippen molar-refractivity contribution in [2.75, 3.05) is 13.9 Å². The lowest BCUT2D eigenvalue weighted by Gasteiger charge is -2.32. The zero-order chi connectivity index (χ0) is 16.7. The molecule has 0 N–H and O–H groups in total. The van der Waals surface area contributed by atoms with Gasteiger partial charge in [0.1, 0.15) is 5.75 Å². The molecule has 1 aliphatic carbocycles. The van der Waals surface area contributed by atoms with E-state index < -0.39 is 0 Å². The zero-order valence-corrected chi connectivity index (χ0v) is 14.9. The lowest BCUT2D eigenvalue weighted by Crippen LogP contribution is -2.41. The summed E-state index contributed by atoms with van der Waals surface area (Å²) < 4.78 is 23.3. The molecule has 0 bridgehead atoms. The van der Waals surface area contributed by atoms with Crippen LogP contribution in [0, 0.1) is 0 Å². The third kappa shape index (κ3) is 3.15. The molecule has 0 unspecified atom stereocenters. The maximum absolute atomic E-state index is 6.27. The van der Waals surface area contributed by atoms with E-state index in [4.69, 9.17) is 18.8 Å². The molecule has 1 aromatic rings. The Kier molecular flexibility index (Phi) is 4.47. The van der Waals surface area contributed by atoms with Crippen molar-refractivity contribution in [1.29, 1.82) is 0 Å². The SMILES string of the molecule is COCOc1cc2c(c(B3OC(C)(C)C(C)(C)O3)c1)CCCC2. The quantitative estimate of drug-likeness (QED) is 0.632. The minimum atomic E-state index is -0.335. The minimum absolute atomic E-state index is 0.252. The Morgan fingerprint density at radius 2 is 1.70 bits per heavy atom. The minimum Gasteiger partial charge on any atom is -0.468 e. The maximum atomic E-state index is 6.27. The van der Waals surface area contributed by atoms with Gasteiger partial charge in [0.25, 0.3) is 0 Å². The average molecular weight is 318 g/mol. The summed E-state index contributed by atoms with van der Waals surface area (Å²) in [7, 11) is 1.30. The van der Waals surface area contributed by atoms with Gasteiger partial charge in [0.15, 0.2) is 6.79 Å². The monoisotopic (exact) mass is 318 g/mol. The molecule has 3 rings (SSSR count). The number of ether oxygens (including phenoxy) is 2. The standard InChI is InChI=1S/C18H27BO4/c1-17(2)18(3,4)23-19(22-17)16-11-14(21-12-20-5)10-13-8-6-7-9-15(13)16/h10-11H,6-9,12H2,1-5H3. The molecule has 0 spiro atoms. The molecule has 1 aromatic carbocycles. The number of hydrogen-bond acceptors (Lipinski definition) is 4. The largest absolute Gasteiger partial charge is 0.495 e. The second-order valence-corrected chi connectivity index (χ2v) is 7.50. The van der Waals surface area contributed by atoms with E-state index in [-0.39, 0.29) is 25.1 Å². The Labute approximate surface area is 139 Å². The van der Waals surface area contributed by atoms with Gasteiger partial charge in [0, 0.05) is 7.11 Å². The first kappa shape index (κ1) is 16.8. The van der Waals surface area contributed by atoms with Crippen LogP contribution in [0.15, 0.2) is 12.1 Å². The molecule has 0 amide bonds. The van der Waals surface area contributed by atoms with Crippen molar-refractivity contribution in [1.82, 2.24) is 0 Å². The van der Waals surface area contributed by atoms with Crippen molar-refractivity contribution < 1.29 is 18.8 Å². The van der Waals surface area contributed by atoms with Crippen LogP contribution in [0.2, 0.25) is 0 Å². The molecule has 0 aromatic heterocycles. The summed E-state index contributed by atoms with van der Waals surface area (Å²) in [6.07, 6.45) is 4.62. The van der Waals surface area contributed by atoms with Gasteiger partial charge in [-0.15, -0.1) is 0 Å². The third-order valence-electron chi connectivity index (χ3n) is 5.32. The lowest BCUT2D eigenvalue weighted by atomic mass is 9.71. The molecule has 4 nitrogen and oxygen atoms in total. The molecule has 23 heavy (non-hydrogen) atoms. The fourth-order valence-corrected chi connectivity index (χ4v) is 3.26. The van der Waals surface area contributed by atoms with Crippen molar-refractivity contribution in [3.05, 3.63) is 23.3 Å². The first-order valence-corrected chi connectivity index (χ1v) is 8.47. The van der Waals surface area contributed by atoms with Crippen LogP contribution in [-0.2, 0) is 26.9 Å².